The molecule has 1 unspecified atom stereocenters. The standard InChI is InChI=1S/C5H10O2S/c1-2-4-8(7)5-3-6/h2,6H,1,3-5H2. The molecule has 0 aliphatic rings. The van der Waals surface area contributed by atoms with Gasteiger partial charge < -0.3 is 5.11 Å². The van der Waals surface area contributed by atoms with Crippen molar-refractivity contribution < 1.29 is 9.32 Å². The van der Waals surface area contributed by atoms with E-state index in [1.807, 2.05) is 0 Å². The van der Waals surface area contributed by atoms with Crippen molar-refractivity contribution in [1.29, 1.82) is 0 Å². The molecule has 1 N–H and O–H groups in total. The molecule has 0 rings (SSSR count). The molecule has 0 aromatic rings. The fourth-order valence-electron chi connectivity index (χ4n) is 0.317. The lowest BCUT2D eigenvalue weighted by Crippen LogP contribution is -2.03. The SMILES string of the molecule is C=CCS(=O)CCO. The first kappa shape index (κ1) is 7.85. The lowest BCUT2D eigenvalue weighted by atomic mass is 10.8. The van der Waals surface area contributed by atoms with Gasteiger partial charge in [-0.15, -0.1) is 6.58 Å². The average Bonchev–Trinajstić information content (AvgIpc) is 1.68. The van der Waals surface area contributed by atoms with E-state index in [4.69, 9.17) is 5.11 Å². The summed E-state index contributed by atoms with van der Waals surface area (Å²) in [7, 11) is -0.888. The predicted molar refractivity (Wildman–Crippen MR) is 35.2 cm³/mol. The molecular weight excluding hydrogens is 124 g/mol. The second kappa shape index (κ2) is 5.00. The van der Waals surface area contributed by atoms with E-state index >= 15 is 0 Å². The van der Waals surface area contributed by atoms with Crippen LogP contribution in [0.4, 0.5) is 0 Å². The molecule has 0 aliphatic carbocycles. The van der Waals surface area contributed by atoms with Crippen molar-refractivity contribution in [3.8, 4) is 0 Å². The van der Waals surface area contributed by atoms with Crippen molar-refractivity contribution in [2.45, 2.75) is 0 Å². The van der Waals surface area contributed by atoms with Crippen LogP contribution in [0.2, 0.25) is 0 Å². The van der Waals surface area contributed by atoms with E-state index in [2.05, 4.69) is 6.58 Å². The summed E-state index contributed by atoms with van der Waals surface area (Å²) in [5, 5.41) is 8.24. The molecule has 0 saturated carbocycles. The predicted octanol–water partition coefficient (Wildman–Crippen LogP) is -0.0866. The molecular formula is C5H10O2S. The molecule has 0 spiro atoms. The maximum atomic E-state index is 10.5. The normalized spacial score (nSPS) is 13.1. The van der Waals surface area contributed by atoms with Gasteiger partial charge in [0.15, 0.2) is 0 Å². The molecule has 0 radical (unpaired) electrons. The van der Waals surface area contributed by atoms with Crippen LogP contribution in [0.3, 0.4) is 0 Å². The Bertz CT molecular complexity index is 90.4. The summed E-state index contributed by atoms with van der Waals surface area (Å²) in [5.41, 5.74) is 0. The number of hydrogen-bond acceptors (Lipinski definition) is 2. The Morgan fingerprint density at radius 3 is 2.75 bits per heavy atom. The van der Waals surface area contributed by atoms with Crippen molar-refractivity contribution in [3.05, 3.63) is 12.7 Å². The minimum atomic E-state index is -0.888. The zero-order valence-electron chi connectivity index (χ0n) is 4.67. The topological polar surface area (TPSA) is 37.3 Å². The van der Waals surface area contributed by atoms with Crippen LogP contribution in [0, 0.1) is 0 Å². The first-order valence-electron chi connectivity index (χ1n) is 2.38. The Morgan fingerprint density at radius 1 is 1.75 bits per heavy atom. The van der Waals surface area contributed by atoms with Gasteiger partial charge in [-0.2, -0.15) is 0 Å². The summed E-state index contributed by atoms with van der Waals surface area (Å²) in [6, 6.07) is 0. The first-order chi connectivity index (χ1) is 3.81. The Labute approximate surface area is 51.7 Å². The second-order valence-corrected chi connectivity index (χ2v) is 2.94. The molecule has 0 aromatic heterocycles. The lowest BCUT2D eigenvalue weighted by Gasteiger charge is -1.90. The third-order valence-corrected chi connectivity index (χ3v) is 1.87. The minimum Gasteiger partial charge on any atom is -0.395 e. The van der Waals surface area contributed by atoms with Gasteiger partial charge in [-0.05, 0) is 0 Å². The summed E-state index contributed by atoms with van der Waals surface area (Å²) in [5.74, 6) is 0.854. The molecule has 0 amide bonds. The molecule has 3 heteroatoms. The number of aliphatic hydroxyl groups is 1. The highest BCUT2D eigenvalue weighted by molar-refractivity contribution is 7.85. The van der Waals surface area contributed by atoms with Crippen molar-refractivity contribution in [2.24, 2.45) is 0 Å². The highest BCUT2D eigenvalue weighted by Crippen LogP contribution is 1.79. The lowest BCUT2D eigenvalue weighted by molar-refractivity contribution is 0.321. The van der Waals surface area contributed by atoms with Crippen molar-refractivity contribution in [2.75, 3.05) is 18.1 Å². The van der Waals surface area contributed by atoms with Gasteiger partial charge in [0.25, 0.3) is 0 Å². The van der Waals surface area contributed by atoms with Gasteiger partial charge in [0.05, 0.1) is 6.61 Å². The first-order valence-corrected chi connectivity index (χ1v) is 3.86. The number of aliphatic hydroxyl groups excluding tert-OH is 1. The Balaban J connectivity index is 3.18. The minimum absolute atomic E-state index is 0.000448. The fraction of sp³-hybridized carbons (Fsp3) is 0.600. The van der Waals surface area contributed by atoms with Crippen LogP contribution < -0.4 is 0 Å². The van der Waals surface area contributed by atoms with Gasteiger partial charge in [0.2, 0.25) is 0 Å². The highest BCUT2D eigenvalue weighted by Gasteiger charge is 1.91. The molecule has 48 valence electrons. The van der Waals surface area contributed by atoms with Crippen molar-refractivity contribution in [1.82, 2.24) is 0 Å². The summed E-state index contributed by atoms with van der Waals surface area (Å²) in [6.45, 7) is 3.41. The maximum absolute atomic E-state index is 10.5. The van der Waals surface area contributed by atoms with Crippen LogP contribution >= 0.6 is 0 Å². The summed E-state index contributed by atoms with van der Waals surface area (Å²) in [6.07, 6.45) is 1.59. The third kappa shape index (κ3) is 4.02. The summed E-state index contributed by atoms with van der Waals surface area (Å²) < 4.78 is 10.5. The fourth-order valence-corrected chi connectivity index (χ4v) is 0.950. The van der Waals surface area contributed by atoms with E-state index in [0.717, 1.165) is 0 Å². The van der Waals surface area contributed by atoms with Crippen molar-refractivity contribution >= 4 is 10.8 Å². The molecule has 0 fully saturated rings. The van der Waals surface area contributed by atoms with Crippen LogP contribution in [-0.2, 0) is 10.8 Å². The van der Waals surface area contributed by atoms with E-state index < -0.39 is 10.8 Å². The van der Waals surface area contributed by atoms with Crippen LogP contribution in [0.15, 0.2) is 12.7 Å². The zero-order valence-corrected chi connectivity index (χ0v) is 5.49. The van der Waals surface area contributed by atoms with Gasteiger partial charge in [-0.1, -0.05) is 6.08 Å². The smallest absolute Gasteiger partial charge is 0.0546 e. The van der Waals surface area contributed by atoms with E-state index in [0.29, 0.717) is 11.5 Å². The molecule has 0 heterocycles. The highest BCUT2D eigenvalue weighted by atomic mass is 32.2. The molecule has 0 aromatic carbocycles. The van der Waals surface area contributed by atoms with Crippen LogP contribution in [0.25, 0.3) is 0 Å². The van der Waals surface area contributed by atoms with E-state index in [1.165, 1.54) is 0 Å². The molecule has 0 saturated heterocycles. The van der Waals surface area contributed by atoms with Crippen molar-refractivity contribution in [3.63, 3.8) is 0 Å². The second-order valence-electron chi connectivity index (χ2n) is 1.32. The monoisotopic (exact) mass is 134 g/mol. The van der Waals surface area contributed by atoms with Gasteiger partial charge in [-0.3, -0.25) is 4.21 Å². The molecule has 8 heavy (non-hydrogen) atoms. The zero-order chi connectivity index (χ0) is 6.41. The third-order valence-electron chi connectivity index (χ3n) is 0.623. The number of hydrogen-bond donors (Lipinski definition) is 1. The molecule has 0 aliphatic heterocycles. The van der Waals surface area contributed by atoms with E-state index in [9.17, 15) is 4.21 Å². The largest absolute Gasteiger partial charge is 0.395 e. The van der Waals surface area contributed by atoms with Gasteiger partial charge in [-0.25, -0.2) is 0 Å². The van der Waals surface area contributed by atoms with Crippen LogP contribution in [-0.4, -0.2) is 27.4 Å². The Morgan fingerprint density at radius 2 is 2.38 bits per heavy atom. The van der Waals surface area contributed by atoms with Gasteiger partial charge in [0.1, 0.15) is 0 Å². The summed E-state index contributed by atoms with van der Waals surface area (Å²) >= 11 is 0. The molecule has 1 atom stereocenters. The van der Waals surface area contributed by atoms with E-state index in [-0.39, 0.29) is 6.61 Å². The Hall–Kier alpha value is -0.150. The quantitative estimate of drug-likeness (QED) is 0.546. The van der Waals surface area contributed by atoms with Crippen LogP contribution in [0.5, 0.6) is 0 Å². The van der Waals surface area contributed by atoms with E-state index in [1.54, 1.807) is 6.08 Å². The Kier molecular flexibility index (Phi) is 4.90. The molecule has 2 nitrogen and oxygen atoms in total. The average molecular weight is 134 g/mol. The maximum Gasteiger partial charge on any atom is 0.0546 e. The molecule has 0 bridgehead atoms. The van der Waals surface area contributed by atoms with Crippen LogP contribution in [0.1, 0.15) is 0 Å². The van der Waals surface area contributed by atoms with Gasteiger partial charge in [0, 0.05) is 22.3 Å². The summed E-state index contributed by atoms with van der Waals surface area (Å²) in [4.78, 5) is 0. The van der Waals surface area contributed by atoms with Gasteiger partial charge >= 0.3 is 0 Å². The number of rotatable bonds is 4.